The normalized spacial score (nSPS) is 18.0. The van der Waals surface area contributed by atoms with Gasteiger partial charge < -0.3 is 26.2 Å². The van der Waals surface area contributed by atoms with Crippen LogP contribution in [0.5, 0.6) is 0 Å². The van der Waals surface area contributed by atoms with E-state index in [1.54, 1.807) is 55.6 Å². The number of thioether (sulfide) groups is 1. The molecule has 212 valence electrons. The quantitative estimate of drug-likeness (QED) is 0.292. The lowest BCUT2D eigenvalue weighted by molar-refractivity contribution is -0.150. The average molecular weight is 581 g/mol. The van der Waals surface area contributed by atoms with Gasteiger partial charge >= 0.3 is 23.8 Å². The number of nitrogens with two attached hydrogens (primary N) is 1. The number of anilines is 1. The molecule has 4 amide bonds. The summed E-state index contributed by atoms with van der Waals surface area (Å²) >= 11 is 1.21. The van der Waals surface area contributed by atoms with Gasteiger partial charge in [-0.1, -0.05) is 30.3 Å². The number of β-lactam (4-membered cyclic amide) rings is 1. The van der Waals surface area contributed by atoms with Crippen LogP contribution in [0.3, 0.4) is 0 Å². The summed E-state index contributed by atoms with van der Waals surface area (Å²) in [5.74, 6) is -2.37. The van der Waals surface area contributed by atoms with Gasteiger partial charge in [-0.2, -0.15) is 0 Å². The van der Waals surface area contributed by atoms with Crippen molar-refractivity contribution >= 4 is 58.4 Å². The second-order valence-corrected chi connectivity index (χ2v) is 10.4. The Morgan fingerprint density at radius 2 is 1.76 bits per heavy atom. The Morgan fingerprint density at radius 1 is 1.07 bits per heavy atom. The van der Waals surface area contributed by atoms with E-state index in [2.05, 4.69) is 10.6 Å². The van der Waals surface area contributed by atoms with Gasteiger partial charge in [0.25, 0.3) is 5.91 Å². The molecule has 3 heterocycles. The third-order valence-electron chi connectivity index (χ3n) is 6.73. The second kappa shape index (κ2) is 10.8. The number of aromatic nitrogens is 2. The number of carboxylic acids is 1. The van der Waals surface area contributed by atoms with Crippen molar-refractivity contribution in [2.75, 3.05) is 17.7 Å². The summed E-state index contributed by atoms with van der Waals surface area (Å²) in [6, 6.07) is 11.7. The zero-order valence-corrected chi connectivity index (χ0v) is 22.3. The number of amides is 4. The second-order valence-electron chi connectivity index (χ2n) is 9.25. The van der Waals surface area contributed by atoms with Crippen molar-refractivity contribution in [1.82, 2.24) is 19.4 Å². The van der Waals surface area contributed by atoms with Gasteiger partial charge in [0.2, 0.25) is 5.91 Å². The largest absolute Gasteiger partial charge is 0.477 e. The number of hydrogen-bond acceptors (Lipinski definition) is 8. The highest BCUT2D eigenvalue weighted by atomic mass is 32.2. The lowest BCUT2D eigenvalue weighted by atomic mass is 10.0. The van der Waals surface area contributed by atoms with Gasteiger partial charge in [-0.15, -0.1) is 11.8 Å². The molecule has 5 rings (SSSR count). The fourth-order valence-electron chi connectivity index (χ4n) is 4.81. The summed E-state index contributed by atoms with van der Waals surface area (Å²) < 4.78 is 7.07. The number of fused-ring (bicyclic) bond motifs is 2. The van der Waals surface area contributed by atoms with E-state index >= 15 is 0 Å². The van der Waals surface area contributed by atoms with Crippen LogP contribution in [-0.4, -0.2) is 72.8 Å². The summed E-state index contributed by atoms with van der Waals surface area (Å²) in [6.07, 6.45) is -1.28. The molecule has 15 heteroatoms. The molecular weight excluding hydrogens is 556 g/mol. The summed E-state index contributed by atoms with van der Waals surface area (Å²) in [4.78, 5) is 75.6. The lowest BCUT2D eigenvalue weighted by Gasteiger charge is -2.49. The smallest absolute Gasteiger partial charge is 0.404 e. The Balaban J connectivity index is 1.29. The molecule has 1 aromatic heterocycles. The number of primary amides is 1. The molecule has 2 aromatic carbocycles. The van der Waals surface area contributed by atoms with Crippen molar-refractivity contribution in [1.29, 1.82) is 0 Å². The number of hydrogen-bond donors (Lipinski definition) is 4. The highest BCUT2D eigenvalue weighted by molar-refractivity contribution is 8.00. The van der Waals surface area contributed by atoms with Crippen LogP contribution in [0.2, 0.25) is 0 Å². The average Bonchev–Trinajstić information content (AvgIpc) is 3.20. The van der Waals surface area contributed by atoms with Crippen LogP contribution in [0, 0.1) is 0 Å². The van der Waals surface area contributed by atoms with Gasteiger partial charge in [0.1, 0.15) is 23.7 Å². The number of benzene rings is 2. The minimum Gasteiger partial charge on any atom is -0.477 e. The van der Waals surface area contributed by atoms with Gasteiger partial charge in [-0.05, 0) is 23.8 Å². The number of imidazole rings is 1. The summed E-state index contributed by atoms with van der Waals surface area (Å²) in [5, 5.41) is 14.3. The number of carbonyl (C=O) groups excluding carboxylic acids is 4. The number of nitrogens with zero attached hydrogens (tertiary/aromatic N) is 3. The van der Waals surface area contributed by atoms with Crippen LogP contribution in [0.4, 0.5) is 15.3 Å². The number of aliphatic carboxylic acids is 1. The molecule has 1 unspecified atom stereocenters. The maximum Gasteiger partial charge on any atom is 0.404 e. The van der Waals surface area contributed by atoms with E-state index in [4.69, 9.17) is 10.5 Å². The Labute approximate surface area is 235 Å². The molecule has 0 radical (unpaired) electrons. The first-order valence-corrected chi connectivity index (χ1v) is 13.3. The number of carbonyl (C=O) groups is 5. The molecule has 2 aliphatic rings. The maximum absolute atomic E-state index is 13.1. The van der Waals surface area contributed by atoms with Gasteiger partial charge in [-0.25, -0.2) is 23.7 Å². The molecule has 0 bridgehead atoms. The van der Waals surface area contributed by atoms with E-state index in [0.717, 1.165) is 9.47 Å². The first-order chi connectivity index (χ1) is 19.6. The fourth-order valence-corrected chi connectivity index (χ4v) is 6.13. The summed E-state index contributed by atoms with van der Waals surface area (Å²) in [5.41, 5.74) is 6.08. The number of carboxylic acid groups (broad SMARTS) is 1. The fraction of sp³-hybridized carbons (Fsp3) is 0.231. The van der Waals surface area contributed by atoms with E-state index in [9.17, 15) is 33.9 Å². The van der Waals surface area contributed by atoms with E-state index in [0.29, 0.717) is 22.3 Å². The van der Waals surface area contributed by atoms with E-state index in [-0.39, 0.29) is 30.1 Å². The van der Waals surface area contributed by atoms with Crippen LogP contribution < -0.4 is 22.1 Å². The zero-order valence-electron chi connectivity index (χ0n) is 21.5. The molecule has 0 aliphatic carbocycles. The Bertz CT molecular complexity index is 1710. The van der Waals surface area contributed by atoms with Gasteiger partial charge in [0.15, 0.2) is 0 Å². The predicted octanol–water partition coefficient (Wildman–Crippen LogP) is 0.797. The first-order valence-electron chi connectivity index (χ1n) is 12.3. The van der Waals surface area contributed by atoms with Crippen LogP contribution >= 0.6 is 11.8 Å². The monoisotopic (exact) mass is 580 g/mol. The molecule has 2 atom stereocenters. The minimum atomic E-state index is -1.37. The molecule has 0 spiro atoms. The Morgan fingerprint density at radius 3 is 2.46 bits per heavy atom. The van der Waals surface area contributed by atoms with Crippen molar-refractivity contribution in [2.45, 2.75) is 17.8 Å². The molecule has 0 saturated carbocycles. The SMILES string of the molecule is Cn1c(=O)n(C(=O)Nc2ccccc2CC(=O)NC2C(=O)N3C(C(=O)O)=C(COC(N)=O)CS[C@H]23)c2ccccc21. The molecule has 5 N–H and O–H groups in total. The summed E-state index contributed by atoms with van der Waals surface area (Å²) in [7, 11) is 1.56. The minimum absolute atomic E-state index is 0.151. The number of aryl methyl sites for hydroxylation is 1. The topological polar surface area (TPSA) is 195 Å². The van der Waals surface area contributed by atoms with E-state index in [1.165, 1.54) is 16.3 Å². The van der Waals surface area contributed by atoms with Crippen molar-refractivity contribution in [3.63, 3.8) is 0 Å². The molecule has 1 fully saturated rings. The van der Waals surface area contributed by atoms with Crippen molar-refractivity contribution < 1.29 is 33.8 Å². The standard InChI is InChI=1S/C26H24N6O8S/c1-30-16-8-4-5-9-17(16)31(26(30)39)25(38)28-15-7-3-2-6-13(15)10-18(33)29-19-21(34)32-20(23(35)36)14(11-40-24(27)37)12-41-22(19)32/h2-9,19,22H,10-12H2,1H3,(H2,27,37)(H,28,38)(H,29,33)(H,35,36)/t19?,22-/m1/s1. The molecule has 2 aliphatic heterocycles. The van der Waals surface area contributed by atoms with Crippen LogP contribution in [0.1, 0.15) is 5.56 Å². The molecule has 14 nitrogen and oxygen atoms in total. The van der Waals surface area contributed by atoms with Crippen molar-refractivity contribution in [3.8, 4) is 0 Å². The van der Waals surface area contributed by atoms with E-state index < -0.39 is 47.0 Å². The molecule has 1 saturated heterocycles. The highest BCUT2D eigenvalue weighted by Gasteiger charge is 2.54. The van der Waals surface area contributed by atoms with Gasteiger partial charge in [0, 0.05) is 24.1 Å². The third-order valence-corrected chi connectivity index (χ3v) is 8.07. The zero-order chi connectivity index (χ0) is 29.4. The Kier molecular flexibility index (Phi) is 7.28. The number of para-hydroxylation sites is 3. The van der Waals surface area contributed by atoms with Gasteiger partial charge in [-0.3, -0.25) is 19.1 Å². The first kappa shape index (κ1) is 27.5. The maximum atomic E-state index is 13.1. The van der Waals surface area contributed by atoms with Gasteiger partial charge in [0.05, 0.1) is 17.5 Å². The molecule has 3 aromatic rings. The van der Waals surface area contributed by atoms with E-state index in [1.807, 2.05) is 0 Å². The van der Waals surface area contributed by atoms with Crippen LogP contribution in [-0.2, 0) is 32.6 Å². The highest BCUT2D eigenvalue weighted by Crippen LogP contribution is 2.40. The number of rotatable bonds is 7. The number of ether oxygens (including phenoxy) is 1. The number of nitrogens with one attached hydrogen (secondary N) is 2. The van der Waals surface area contributed by atoms with Crippen molar-refractivity contribution in [2.24, 2.45) is 12.8 Å². The Hall–Kier alpha value is -5.05. The van der Waals surface area contributed by atoms with Crippen LogP contribution in [0.25, 0.3) is 11.0 Å². The lowest BCUT2D eigenvalue weighted by Crippen LogP contribution is -2.70. The molecular formula is C26H24N6O8S. The summed E-state index contributed by atoms with van der Waals surface area (Å²) in [6.45, 7) is -0.370. The van der Waals surface area contributed by atoms with Crippen LogP contribution in [0.15, 0.2) is 64.6 Å². The predicted molar refractivity (Wildman–Crippen MR) is 147 cm³/mol. The van der Waals surface area contributed by atoms with Crippen molar-refractivity contribution in [3.05, 3.63) is 75.8 Å². The third kappa shape index (κ3) is 5.02. The molecule has 41 heavy (non-hydrogen) atoms.